The number of thioether (sulfide) groups is 1. The summed E-state index contributed by atoms with van der Waals surface area (Å²) in [5, 5.41) is 9.41. The van der Waals surface area contributed by atoms with Gasteiger partial charge in [0.15, 0.2) is 11.4 Å². The van der Waals surface area contributed by atoms with Crippen LogP contribution in [0, 0.1) is 13.8 Å². The van der Waals surface area contributed by atoms with E-state index < -0.39 is 17.9 Å². The number of benzene rings is 2. The number of hydrogen-bond donors (Lipinski definition) is 1. The third-order valence-corrected chi connectivity index (χ3v) is 7.11. The van der Waals surface area contributed by atoms with Crippen molar-refractivity contribution in [2.75, 3.05) is 0 Å². The molecule has 0 bridgehead atoms. The predicted octanol–water partition coefficient (Wildman–Crippen LogP) is 7.64. The van der Waals surface area contributed by atoms with Gasteiger partial charge in [0.05, 0.1) is 11.9 Å². The van der Waals surface area contributed by atoms with E-state index in [1.807, 2.05) is 33.8 Å². The van der Waals surface area contributed by atoms with Gasteiger partial charge in [-0.15, -0.1) is 24.9 Å². The van der Waals surface area contributed by atoms with E-state index in [1.165, 1.54) is 62.3 Å². The highest BCUT2D eigenvalue weighted by atomic mass is 32.2. The predicted molar refractivity (Wildman–Crippen MR) is 153 cm³/mol. The van der Waals surface area contributed by atoms with Crippen LogP contribution < -0.4 is 14.2 Å². The lowest BCUT2D eigenvalue weighted by Gasteiger charge is -2.23. The van der Waals surface area contributed by atoms with Crippen molar-refractivity contribution in [3.05, 3.63) is 65.8 Å². The Bertz CT molecular complexity index is 1590. The largest absolute Gasteiger partial charge is 0.573 e. The van der Waals surface area contributed by atoms with E-state index >= 15 is 0 Å². The van der Waals surface area contributed by atoms with Gasteiger partial charge >= 0.3 is 18.3 Å². The van der Waals surface area contributed by atoms with Crippen LogP contribution in [0.2, 0.25) is 0 Å². The minimum absolute atomic E-state index is 0.120. The molecule has 9 nitrogen and oxygen atoms in total. The van der Waals surface area contributed by atoms with Gasteiger partial charge < -0.3 is 23.7 Å². The number of carboxylic acid groups (broad SMARTS) is 1. The highest BCUT2D eigenvalue weighted by Gasteiger charge is 2.31. The topological polar surface area (TPSA) is 117 Å². The first-order chi connectivity index (χ1) is 20.1. The summed E-state index contributed by atoms with van der Waals surface area (Å²) in [7, 11) is 0. The molecule has 13 heteroatoms. The summed E-state index contributed by atoms with van der Waals surface area (Å²) in [6.07, 6.45) is -1.86. The summed E-state index contributed by atoms with van der Waals surface area (Å²) in [6.45, 7) is 10.4. The zero-order valence-corrected chi connectivity index (χ0v) is 25.1. The van der Waals surface area contributed by atoms with Gasteiger partial charge in [-0.25, -0.2) is 19.7 Å². The molecule has 4 rings (SSSR count). The Hall–Kier alpha value is -4.26. The second kappa shape index (κ2) is 12.5. The number of halogens is 3. The van der Waals surface area contributed by atoms with Crippen molar-refractivity contribution in [1.29, 1.82) is 0 Å². The second-order valence-electron chi connectivity index (χ2n) is 10.4. The maximum atomic E-state index is 12.7. The van der Waals surface area contributed by atoms with Crippen molar-refractivity contribution in [2.24, 2.45) is 0 Å². The third kappa shape index (κ3) is 8.19. The minimum atomic E-state index is -4.81. The van der Waals surface area contributed by atoms with E-state index in [1.54, 1.807) is 6.07 Å². The third-order valence-electron chi connectivity index (χ3n) is 5.97. The summed E-state index contributed by atoms with van der Waals surface area (Å²) >= 11 is 1.45. The molecule has 0 aliphatic rings. The fourth-order valence-electron chi connectivity index (χ4n) is 3.82. The number of aliphatic carboxylic acids is 1. The van der Waals surface area contributed by atoms with Crippen LogP contribution in [-0.4, -0.2) is 44.1 Å². The van der Waals surface area contributed by atoms with Gasteiger partial charge in [-0.1, -0.05) is 0 Å². The van der Waals surface area contributed by atoms with Gasteiger partial charge in [0.25, 0.3) is 0 Å². The highest BCUT2D eigenvalue weighted by Crippen LogP contribution is 2.37. The van der Waals surface area contributed by atoms with Crippen LogP contribution in [0.25, 0.3) is 22.6 Å². The number of oxazole rings is 1. The SMILES string of the molecule is Cc1cc(SCc2nc(-c3cnc(OC(C)C)nc3)c(-c3ccc(OC(F)(F)F)cc3)o2)c(C)cc1OC(C)(C)C(=O)O. The Morgan fingerprint density at radius 1 is 1.00 bits per heavy atom. The van der Waals surface area contributed by atoms with Crippen LogP contribution in [0.5, 0.6) is 17.5 Å². The lowest BCUT2D eigenvalue weighted by Crippen LogP contribution is -2.38. The molecule has 0 aliphatic carbocycles. The molecule has 0 aliphatic heterocycles. The quantitative estimate of drug-likeness (QED) is 0.168. The van der Waals surface area contributed by atoms with E-state index in [0.29, 0.717) is 40.0 Å². The number of rotatable bonds is 11. The van der Waals surface area contributed by atoms with Gasteiger partial charge in [-0.2, -0.15) is 0 Å². The Morgan fingerprint density at radius 2 is 1.65 bits per heavy atom. The molecule has 0 saturated heterocycles. The molecule has 43 heavy (non-hydrogen) atoms. The maximum absolute atomic E-state index is 12.7. The van der Waals surface area contributed by atoms with E-state index in [4.69, 9.17) is 13.9 Å². The molecule has 1 N–H and O–H groups in total. The zero-order chi connectivity index (χ0) is 31.5. The van der Waals surface area contributed by atoms with E-state index in [0.717, 1.165) is 16.0 Å². The maximum Gasteiger partial charge on any atom is 0.573 e. The van der Waals surface area contributed by atoms with Crippen molar-refractivity contribution in [2.45, 2.75) is 70.3 Å². The van der Waals surface area contributed by atoms with Crippen molar-refractivity contribution < 1.29 is 41.7 Å². The molecule has 2 aromatic heterocycles. The Labute approximate surface area is 250 Å². The monoisotopic (exact) mass is 617 g/mol. The molecule has 228 valence electrons. The van der Waals surface area contributed by atoms with Gasteiger partial charge in [0, 0.05) is 28.4 Å². The molecule has 0 fully saturated rings. The first kappa shape index (κ1) is 31.7. The number of nitrogens with zero attached hydrogens (tertiary/aromatic N) is 3. The van der Waals surface area contributed by atoms with E-state index in [9.17, 15) is 23.1 Å². The smallest absolute Gasteiger partial charge is 0.478 e. The number of ether oxygens (including phenoxy) is 3. The molecule has 0 atom stereocenters. The normalized spacial score (nSPS) is 12.0. The number of carbonyl (C=O) groups is 1. The molecule has 0 radical (unpaired) electrons. The minimum Gasteiger partial charge on any atom is -0.478 e. The molecular weight excluding hydrogens is 587 g/mol. The molecule has 0 saturated carbocycles. The number of aromatic nitrogens is 3. The van der Waals surface area contributed by atoms with Crippen molar-refractivity contribution in [3.63, 3.8) is 0 Å². The highest BCUT2D eigenvalue weighted by molar-refractivity contribution is 7.98. The van der Waals surface area contributed by atoms with Gasteiger partial charge in [-0.3, -0.25) is 0 Å². The lowest BCUT2D eigenvalue weighted by molar-refractivity contribution is -0.274. The second-order valence-corrected chi connectivity index (χ2v) is 11.4. The Morgan fingerprint density at radius 3 is 2.23 bits per heavy atom. The average Bonchev–Trinajstić information content (AvgIpc) is 3.33. The average molecular weight is 618 g/mol. The first-order valence-electron chi connectivity index (χ1n) is 13.1. The fraction of sp³-hybridized carbons (Fsp3) is 0.333. The first-order valence-corrected chi connectivity index (χ1v) is 14.1. The summed E-state index contributed by atoms with van der Waals surface area (Å²) in [4.78, 5) is 25.6. The molecule has 2 heterocycles. The van der Waals surface area contributed by atoms with Gasteiger partial charge in [-0.05, 0) is 89.1 Å². The molecule has 0 unspecified atom stereocenters. The lowest BCUT2D eigenvalue weighted by atomic mass is 10.1. The molecular formula is C30H30F3N3O6S. The van der Waals surface area contributed by atoms with Crippen molar-refractivity contribution in [3.8, 4) is 40.1 Å². The summed E-state index contributed by atoms with van der Waals surface area (Å²) in [6, 6.07) is 9.17. The van der Waals surface area contributed by atoms with E-state index in [-0.39, 0.29) is 17.9 Å². The van der Waals surface area contributed by atoms with Gasteiger partial charge in [0.1, 0.15) is 17.2 Å². The number of alkyl halides is 3. The van der Waals surface area contributed by atoms with Crippen LogP contribution in [0.3, 0.4) is 0 Å². The fourth-order valence-corrected chi connectivity index (χ4v) is 4.77. The van der Waals surface area contributed by atoms with Crippen molar-refractivity contribution >= 4 is 17.7 Å². The van der Waals surface area contributed by atoms with Crippen LogP contribution >= 0.6 is 11.8 Å². The standard InChI is InChI=1S/C30H30F3N3O6S/c1-16(2)39-28-34-13-20(14-35-28)25-26(19-7-9-21(10-8-19)41-30(31,32)33)40-24(36-25)15-43-23-12-17(3)22(11-18(23)4)42-29(5,6)27(37)38/h7-14,16H,15H2,1-6H3,(H,37,38). The number of carboxylic acids is 1. The summed E-state index contributed by atoms with van der Waals surface area (Å²) < 4.78 is 59.4. The molecule has 2 aromatic carbocycles. The molecule has 0 spiro atoms. The number of hydrogen-bond acceptors (Lipinski definition) is 9. The van der Waals surface area contributed by atoms with E-state index in [2.05, 4.69) is 19.7 Å². The van der Waals surface area contributed by atoms with Gasteiger partial charge in [0.2, 0.25) is 5.89 Å². The van der Waals surface area contributed by atoms with Crippen LogP contribution in [-0.2, 0) is 10.5 Å². The van der Waals surface area contributed by atoms with Crippen LogP contribution in [0.4, 0.5) is 13.2 Å². The molecule has 0 amide bonds. The number of aryl methyl sites for hydroxylation is 2. The zero-order valence-electron chi connectivity index (χ0n) is 24.3. The van der Waals surface area contributed by atoms with Crippen molar-refractivity contribution in [1.82, 2.24) is 15.0 Å². The Balaban J connectivity index is 1.63. The molecule has 4 aromatic rings. The summed E-state index contributed by atoms with van der Waals surface area (Å²) in [5.41, 5.74) is 1.65. The summed E-state index contributed by atoms with van der Waals surface area (Å²) in [5.74, 6) is 0.0296. The van der Waals surface area contributed by atoms with Crippen LogP contribution in [0.15, 0.2) is 58.1 Å². The Kier molecular flexibility index (Phi) is 9.24. The van der Waals surface area contributed by atoms with Crippen LogP contribution in [0.1, 0.15) is 44.7 Å².